The van der Waals surface area contributed by atoms with Gasteiger partial charge in [0.25, 0.3) is 5.22 Å². The molecule has 1 fully saturated rings. The molecule has 0 N–H and O–H groups in total. The fourth-order valence-corrected chi connectivity index (χ4v) is 3.85. The maximum atomic E-state index is 12.9. The number of alkyl halides is 3. The van der Waals surface area contributed by atoms with Gasteiger partial charge in [-0.25, -0.2) is 0 Å². The number of hydrogen-bond acceptors (Lipinski definition) is 7. The second kappa shape index (κ2) is 8.96. The first kappa shape index (κ1) is 21.2. The molecule has 3 heterocycles. The molecule has 11 heteroatoms. The Morgan fingerprint density at radius 1 is 1.10 bits per heavy atom. The van der Waals surface area contributed by atoms with Crippen LogP contribution in [-0.2, 0) is 11.0 Å². The highest BCUT2D eigenvalue weighted by atomic mass is 32.2. The number of pyridine rings is 1. The summed E-state index contributed by atoms with van der Waals surface area (Å²) in [7, 11) is 0. The lowest BCUT2D eigenvalue weighted by atomic mass is 10.1. The number of anilines is 1. The molecule has 1 saturated heterocycles. The number of carbonyl (C=O) groups is 1. The van der Waals surface area contributed by atoms with Gasteiger partial charge in [-0.15, -0.1) is 10.2 Å². The van der Waals surface area contributed by atoms with E-state index < -0.39 is 11.7 Å². The Labute approximate surface area is 180 Å². The van der Waals surface area contributed by atoms with Crippen LogP contribution in [0.3, 0.4) is 0 Å². The normalized spacial score (nSPS) is 14.7. The summed E-state index contributed by atoms with van der Waals surface area (Å²) >= 11 is 1.15. The smallest absolute Gasteiger partial charge is 0.411 e. The van der Waals surface area contributed by atoms with Crippen LogP contribution in [0.25, 0.3) is 11.5 Å². The number of hydrogen-bond donors (Lipinski definition) is 0. The third-order valence-electron chi connectivity index (χ3n) is 4.81. The van der Waals surface area contributed by atoms with Crippen molar-refractivity contribution in [1.29, 1.82) is 0 Å². The molecule has 162 valence electrons. The minimum Gasteiger partial charge on any atom is -0.411 e. The standard InChI is InChI=1S/C20H18F3N5O2S/c21-20(22,23)15-4-1-5-16(11-15)27-7-9-28(10-8-27)17(29)13-31-19-26-25-18(30-19)14-3-2-6-24-12-14/h1-6,11-12H,7-10,13H2. The summed E-state index contributed by atoms with van der Waals surface area (Å²) < 4.78 is 44.3. The zero-order valence-corrected chi connectivity index (χ0v) is 17.1. The average molecular weight is 449 g/mol. The minimum absolute atomic E-state index is 0.0881. The lowest BCUT2D eigenvalue weighted by Gasteiger charge is -2.36. The molecule has 1 aliphatic rings. The highest BCUT2D eigenvalue weighted by Gasteiger charge is 2.31. The Morgan fingerprint density at radius 2 is 1.90 bits per heavy atom. The average Bonchev–Trinajstić information content (AvgIpc) is 3.27. The molecule has 2 aromatic heterocycles. The number of amides is 1. The molecule has 1 aliphatic heterocycles. The summed E-state index contributed by atoms with van der Waals surface area (Å²) in [5.41, 5.74) is 0.522. The highest BCUT2D eigenvalue weighted by Crippen LogP contribution is 2.32. The summed E-state index contributed by atoms with van der Waals surface area (Å²) in [5, 5.41) is 8.18. The fraction of sp³-hybridized carbons (Fsp3) is 0.300. The van der Waals surface area contributed by atoms with E-state index in [0.29, 0.717) is 43.3 Å². The van der Waals surface area contributed by atoms with E-state index in [9.17, 15) is 18.0 Å². The van der Waals surface area contributed by atoms with Crippen molar-refractivity contribution in [3.8, 4) is 11.5 Å². The van der Waals surface area contributed by atoms with Crippen molar-refractivity contribution in [2.75, 3.05) is 36.8 Å². The van der Waals surface area contributed by atoms with Gasteiger partial charge in [-0.3, -0.25) is 9.78 Å². The van der Waals surface area contributed by atoms with E-state index in [2.05, 4.69) is 15.2 Å². The number of benzene rings is 1. The molecule has 1 amide bonds. The second-order valence-electron chi connectivity index (χ2n) is 6.82. The third-order valence-corrected chi connectivity index (χ3v) is 5.61. The number of nitrogens with zero attached hydrogens (tertiary/aromatic N) is 5. The first-order valence-corrected chi connectivity index (χ1v) is 10.5. The zero-order valence-electron chi connectivity index (χ0n) is 16.2. The summed E-state index contributed by atoms with van der Waals surface area (Å²) in [6, 6.07) is 8.80. The molecule has 0 unspecified atom stereocenters. The van der Waals surface area contributed by atoms with E-state index >= 15 is 0 Å². The molecule has 1 aromatic carbocycles. The molecule has 3 aromatic rings. The molecule has 4 rings (SSSR count). The van der Waals surface area contributed by atoms with E-state index in [4.69, 9.17) is 4.42 Å². The predicted molar refractivity (Wildman–Crippen MR) is 108 cm³/mol. The molecular formula is C20H18F3N5O2S. The van der Waals surface area contributed by atoms with Crippen LogP contribution in [0.2, 0.25) is 0 Å². The Morgan fingerprint density at radius 3 is 2.61 bits per heavy atom. The molecule has 0 atom stereocenters. The van der Waals surface area contributed by atoms with E-state index in [-0.39, 0.29) is 16.9 Å². The van der Waals surface area contributed by atoms with Gasteiger partial charge in [0.15, 0.2) is 0 Å². The van der Waals surface area contributed by atoms with Crippen molar-refractivity contribution >= 4 is 23.4 Å². The first-order chi connectivity index (χ1) is 14.9. The number of carbonyl (C=O) groups excluding carboxylic acids is 1. The maximum absolute atomic E-state index is 12.9. The van der Waals surface area contributed by atoms with Crippen LogP contribution in [0, 0.1) is 0 Å². The van der Waals surface area contributed by atoms with E-state index in [1.54, 1.807) is 35.5 Å². The van der Waals surface area contributed by atoms with E-state index in [1.165, 1.54) is 6.07 Å². The molecule has 0 saturated carbocycles. The molecular weight excluding hydrogens is 431 g/mol. The van der Waals surface area contributed by atoms with Crippen molar-refractivity contribution in [2.24, 2.45) is 0 Å². The van der Waals surface area contributed by atoms with Crippen LogP contribution < -0.4 is 4.90 Å². The molecule has 31 heavy (non-hydrogen) atoms. The Bertz CT molecular complexity index is 1040. The number of piperazine rings is 1. The van der Waals surface area contributed by atoms with Crippen molar-refractivity contribution in [3.63, 3.8) is 0 Å². The van der Waals surface area contributed by atoms with Crippen molar-refractivity contribution in [2.45, 2.75) is 11.4 Å². The van der Waals surface area contributed by atoms with Crippen LogP contribution >= 0.6 is 11.8 Å². The lowest BCUT2D eigenvalue weighted by Crippen LogP contribution is -2.49. The summed E-state index contributed by atoms with van der Waals surface area (Å²) in [6.45, 7) is 1.79. The van der Waals surface area contributed by atoms with Crippen molar-refractivity contribution in [3.05, 3.63) is 54.4 Å². The van der Waals surface area contributed by atoms with Gasteiger partial charge in [0.1, 0.15) is 0 Å². The monoisotopic (exact) mass is 449 g/mol. The maximum Gasteiger partial charge on any atom is 0.416 e. The molecule has 0 spiro atoms. The van der Waals surface area contributed by atoms with Crippen LogP contribution in [-0.4, -0.2) is 57.9 Å². The van der Waals surface area contributed by atoms with Gasteiger partial charge in [0.05, 0.1) is 16.9 Å². The van der Waals surface area contributed by atoms with Gasteiger partial charge < -0.3 is 14.2 Å². The summed E-state index contributed by atoms with van der Waals surface area (Å²) in [5.74, 6) is 0.380. The Hall–Kier alpha value is -3.08. The largest absolute Gasteiger partial charge is 0.416 e. The van der Waals surface area contributed by atoms with Crippen molar-refractivity contribution < 1.29 is 22.4 Å². The first-order valence-electron chi connectivity index (χ1n) is 9.47. The Balaban J connectivity index is 1.29. The second-order valence-corrected chi connectivity index (χ2v) is 7.75. The SMILES string of the molecule is O=C(CSc1nnc(-c2cccnc2)o1)N1CCN(c2cccc(C(F)(F)F)c2)CC1. The summed E-state index contributed by atoms with van der Waals surface area (Å²) in [6.07, 6.45) is -1.13. The number of thioether (sulfide) groups is 1. The van der Waals surface area contributed by atoms with E-state index in [0.717, 1.165) is 23.9 Å². The lowest BCUT2D eigenvalue weighted by molar-refractivity contribution is -0.137. The van der Waals surface area contributed by atoms with Gasteiger partial charge >= 0.3 is 6.18 Å². The number of rotatable bonds is 5. The fourth-order valence-electron chi connectivity index (χ4n) is 3.18. The summed E-state index contributed by atoms with van der Waals surface area (Å²) in [4.78, 5) is 20.1. The highest BCUT2D eigenvalue weighted by molar-refractivity contribution is 7.99. The zero-order chi connectivity index (χ0) is 21.8. The van der Waals surface area contributed by atoms with E-state index in [1.807, 2.05) is 4.90 Å². The van der Waals surface area contributed by atoms with Gasteiger partial charge in [-0.05, 0) is 30.3 Å². The van der Waals surface area contributed by atoms with Gasteiger partial charge in [-0.1, -0.05) is 17.8 Å². The molecule has 0 aliphatic carbocycles. The predicted octanol–water partition coefficient (Wildman–Crippen LogP) is 3.59. The van der Waals surface area contributed by atoms with Gasteiger partial charge in [0.2, 0.25) is 11.8 Å². The topological polar surface area (TPSA) is 75.4 Å². The van der Waals surface area contributed by atoms with Gasteiger partial charge in [-0.2, -0.15) is 13.2 Å². The molecule has 0 radical (unpaired) electrons. The molecule has 7 nitrogen and oxygen atoms in total. The minimum atomic E-state index is -4.38. The number of aromatic nitrogens is 3. The molecule has 0 bridgehead atoms. The van der Waals surface area contributed by atoms with Crippen LogP contribution in [0.15, 0.2) is 58.4 Å². The quantitative estimate of drug-likeness (QED) is 0.551. The number of halogens is 3. The van der Waals surface area contributed by atoms with Crippen LogP contribution in [0.4, 0.5) is 18.9 Å². The van der Waals surface area contributed by atoms with Crippen LogP contribution in [0.1, 0.15) is 5.56 Å². The van der Waals surface area contributed by atoms with Gasteiger partial charge in [0, 0.05) is 44.3 Å². The van der Waals surface area contributed by atoms with Crippen molar-refractivity contribution in [1.82, 2.24) is 20.1 Å². The third kappa shape index (κ3) is 5.16. The van der Waals surface area contributed by atoms with Crippen LogP contribution in [0.5, 0.6) is 0 Å². The Kier molecular flexibility index (Phi) is 6.12.